The van der Waals surface area contributed by atoms with Gasteiger partial charge in [-0.25, -0.2) is 0 Å². The lowest BCUT2D eigenvalue weighted by molar-refractivity contribution is -0.137. The van der Waals surface area contributed by atoms with Crippen molar-refractivity contribution in [2.75, 3.05) is 0 Å². The largest absolute Gasteiger partial charge is 0.417 e. The predicted molar refractivity (Wildman–Crippen MR) is 61.9 cm³/mol. The summed E-state index contributed by atoms with van der Waals surface area (Å²) in [6, 6.07) is 12.1. The first kappa shape index (κ1) is 12.0. The van der Waals surface area contributed by atoms with E-state index >= 15 is 0 Å². The zero-order chi connectivity index (χ0) is 12.5. The lowest BCUT2D eigenvalue weighted by Gasteiger charge is -2.14. The van der Waals surface area contributed by atoms with Crippen LogP contribution in [0.15, 0.2) is 48.5 Å². The minimum Gasteiger partial charge on any atom is -0.166 e. The first-order chi connectivity index (χ1) is 8.00. The Kier molecular flexibility index (Phi) is 3.11. The average Bonchev–Trinajstić information content (AvgIpc) is 2.28. The molecule has 2 rings (SSSR count). The molecule has 0 spiro atoms. The number of hydrogen-bond donors (Lipinski definition) is 0. The molecule has 0 atom stereocenters. The maximum absolute atomic E-state index is 12.9. The van der Waals surface area contributed by atoms with Gasteiger partial charge in [-0.3, -0.25) is 0 Å². The molecular weight excluding hydrogens is 249 g/mol. The molecule has 2 aromatic carbocycles. The number of rotatable bonds is 1. The van der Waals surface area contributed by atoms with E-state index in [9.17, 15) is 13.2 Å². The SMILES string of the molecule is FC(F)(F)c1cccc(Cl)c1-c1ccccc1. The first-order valence-electron chi connectivity index (χ1n) is 4.91. The Labute approximate surface area is 102 Å². The molecule has 0 aromatic heterocycles. The Morgan fingerprint density at radius 2 is 1.47 bits per heavy atom. The third-order valence-electron chi connectivity index (χ3n) is 2.38. The molecule has 0 aliphatic heterocycles. The molecule has 4 heteroatoms. The molecule has 0 saturated heterocycles. The van der Waals surface area contributed by atoms with Crippen LogP contribution < -0.4 is 0 Å². The van der Waals surface area contributed by atoms with Crippen LogP contribution in [0.5, 0.6) is 0 Å². The van der Waals surface area contributed by atoms with Crippen LogP contribution >= 0.6 is 11.6 Å². The van der Waals surface area contributed by atoms with E-state index in [0.717, 1.165) is 6.07 Å². The van der Waals surface area contributed by atoms with E-state index < -0.39 is 11.7 Å². The van der Waals surface area contributed by atoms with Crippen molar-refractivity contribution in [3.05, 3.63) is 59.1 Å². The van der Waals surface area contributed by atoms with Gasteiger partial charge in [0.05, 0.1) is 5.56 Å². The van der Waals surface area contributed by atoms with Gasteiger partial charge in [-0.1, -0.05) is 48.0 Å². The van der Waals surface area contributed by atoms with Gasteiger partial charge < -0.3 is 0 Å². The summed E-state index contributed by atoms with van der Waals surface area (Å²) in [5.74, 6) is 0. The molecule has 0 unspecified atom stereocenters. The highest BCUT2D eigenvalue weighted by Crippen LogP contribution is 2.40. The molecular formula is C13H8ClF3. The molecule has 0 radical (unpaired) electrons. The van der Waals surface area contributed by atoms with Crippen molar-refractivity contribution in [1.82, 2.24) is 0 Å². The molecule has 0 heterocycles. The highest BCUT2D eigenvalue weighted by atomic mass is 35.5. The van der Waals surface area contributed by atoms with Crippen molar-refractivity contribution in [2.24, 2.45) is 0 Å². The Bertz CT molecular complexity index is 518. The van der Waals surface area contributed by atoms with Crippen molar-refractivity contribution in [1.29, 1.82) is 0 Å². The molecule has 17 heavy (non-hydrogen) atoms. The number of halogens is 4. The normalized spacial score (nSPS) is 11.5. The van der Waals surface area contributed by atoms with Crippen LogP contribution in [0.2, 0.25) is 5.02 Å². The molecule has 0 saturated carbocycles. The van der Waals surface area contributed by atoms with Gasteiger partial charge in [-0.15, -0.1) is 0 Å². The summed E-state index contributed by atoms with van der Waals surface area (Å²) in [6.45, 7) is 0. The van der Waals surface area contributed by atoms with Gasteiger partial charge >= 0.3 is 6.18 Å². The molecule has 0 aliphatic rings. The van der Waals surface area contributed by atoms with Crippen LogP contribution in [-0.2, 0) is 6.18 Å². The lowest BCUT2D eigenvalue weighted by atomic mass is 9.99. The third-order valence-corrected chi connectivity index (χ3v) is 2.70. The van der Waals surface area contributed by atoms with Gasteiger partial charge in [-0.2, -0.15) is 13.2 Å². The smallest absolute Gasteiger partial charge is 0.166 e. The van der Waals surface area contributed by atoms with Gasteiger partial charge in [0.1, 0.15) is 0 Å². The summed E-state index contributed by atoms with van der Waals surface area (Å²) in [4.78, 5) is 0. The number of hydrogen-bond acceptors (Lipinski definition) is 0. The molecule has 0 nitrogen and oxygen atoms in total. The zero-order valence-corrected chi connectivity index (χ0v) is 9.39. The second-order valence-corrected chi connectivity index (χ2v) is 3.93. The summed E-state index contributed by atoms with van der Waals surface area (Å²) in [5.41, 5.74) is -0.219. The van der Waals surface area contributed by atoms with Crippen molar-refractivity contribution in [2.45, 2.75) is 6.18 Å². The second-order valence-electron chi connectivity index (χ2n) is 3.53. The van der Waals surface area contributed by atoms with E-state index in [2.05, 4.69) is 0 Å². The Morgan fingerprint density at radius 1 is 0.824 bits per heavy atom. The van der Waals surface area contributed by atoms with Crippen molar-refractivity contribution >= 4 is 11.6 Å². The molecule has 0 aliphatic carbocycles. The maximum atomic E-state index is 12.9. The molecule has 0 N–H and O–H groups in total. The van der Waals surface area contributed by atoms with Crippen LogP contribution in [0.4, 0.5) is 13.2 Å². The lowest BCUT2D eigenvalue weighted by Crippen LogP contribution is -2.07. The highest BCUT2D eigenvalue weighted by molar-refractivity contribution is 6.33. The van der Waals surface area contributed by atoms with E-state index in [1.165, 1.54) is 12.1 Å². The maximum Gasteiger partial charge on any atom is 0.417 e. The first-order valence-corrected chi connectivity index (χ1v) is 5.29. The molecule has 0 fully saturated rings. The van der Waals surface area contributed by atoms with Crippen molar-refractivity contribution < 1.29 is 13.2 Å². The van der Waals surface area contributed by atoms with Crippen LogP contribution in [-0.4, -0.2) is 0 Å². The summed E-state index contributed by atoms with van der Waals surface area (Å²) in [7, 11) is 0. The van der Waals surface area contributed by atoms with E-state index in [-0.39, 0.29) is 10.6 Å². The fourth-order valence-electron chi connectivity index (χ4n) is 1.66. The van der Waals surface area contributed by atoms with E-state index in [1.54, 1.807) is 30.3 Å². The minimum atomic E-state index is -4.41. The van der Waals surface area contributed by atoms with Gasteiger partial charge in [0, 0.05) is 10.6 Å². The van der Waals surface area contributed by atoms with Gasteiger partial charge in [-0.05, 0) is 17.7 Å². The van der Waals surface area contributed by atoms with Crippen LogP contribution in [0.1, 0.15) is 5.56 Å². The molecule has 2 aromatic rings. The van der Waals surface area contributed by atoms with Crippen molar-refractivity contribution in [3.63, 3.8) is 0 Å². The van der Waals surface area contributed by atoms with E-state index in [4.69, 9.17) is 11.6 Å². The van der Waals surface area contributed by atoms with Crippen LogP contribution in [0.25, 0.3) is 11.1 Å². The average molecular weight is 257 g/mol. The standard InChI is InChI=1S/C13H8ClF3/c14-11-8-4-7-10(13(15,16)17)12(11)9-5-2-1-3-6-9/h1-8H. The highest BCUT2D eigenvalue weighted by Gasteiger charge is 2.34. The van der Waals surface area contributed by atoms with Crippen LogP contribution in [0.3, 0.4) is 0 Å². The minimum absolute atomic E-state index is 0.0299. The Balaban J connectivity index is 2.69. The Hall–Kier alpha value is -1.48. The number of benzene rings is 2. The summed E-state index contributed by atoms with van der Waals surface area (Å²) < 4.78 is 38.6. The second kappa shape index (κ2) is 4.41. The summed E-state index contributed by atoms with van der Waals surface area (Å²) >= 11 is 5.87. The Morgan fingerprint density at radius 3 is 2.06 bits per heavy atom. The van der Waals surface area contributed by atoms with Gasteiger partial charge in [0.2, 0.25) is 0 Å². The monoisotopic (exact) mass is 256 g/mol. The predicted octanol–water partition coefficient (Wildman–Crippen LogP) is 5.03. The molecule has 0 amide bonds. The van der Waals surface area contributed by atoms with Crippen molar-refractivity contribution in [3.8, 4) is 11.1 Å². The van der Waals surface area contributed by atoms with E-state index in [0.29, 0.717) is 5.56 Å². The van der Waals surface area contributed by atoms with Crippen LogP contribution in [0, 0.1) is 0 Å². The quantitative estimate of drug-likeness (QED) is 0.672. The van der Waals surface area contributed by atoms with Gasteiger partial charge in [0.25, 0.3) is 0 Å². The number of alkyl halides is 3. The van der Waals surface area contributed by atoms with Gasteiger partial charge in [0.15, 0.2) is 0 Å². The van der Waals surface area contributed by atoms with E-state index in [1.807, 2.05) is 0 Å². The fourth-order valence-corrected chi connectivity index (χ4v) is 1.94. The third kappa shape index (κ3) is 2.44. The zero-order valence-electron chi connectivity index (χ0n) is 8.63. The molecule has 0 bridgehead atoms. The molecule has 88 valence electrons. The topological polar surface area (TPSA) is 0 Å². The fraction of sp³-hybridized carbons (Fsp3) is 0.0769. The summed E-state index contributed by atoms with van der Waals surface area (Å²) in [6.07, 6.45) is -4.41. The summed E-state index contributed by atoms with van der Waals surface area (Å²) in [5, 5.41) is 0.103.